The van der Waals surface area contributed by atoms with E-state index in [0.717, 1.165) is 61.1 Å². The molecule has 1 aromatic carbocycles. The Kier molecular flexibility index (Phi) is 6.13. The molecule has 3 heterocycles. The molecule has 1 aliphatic heterocycles. The fourth-order valence-electron chi connectivity index (χ4n) is 4.47. The molecule has 0 bridgehead atoms. The molecule has 2 aliphatic rings. The van der Waals surface area contributed by atoms with E-state index in [1.165, 1.54) is 6.20 Å². The molecule has 5 rings (SSSR count). The van der Waals surface area contributed by atoms with Gasteiger partial charge in [0.1, 0.15) is 17.4 Å². The van der Waals surface area contributed by atoms with Crippen molar-refractivity contribution in [3.05, 3.63) is 46.6 Å². The van der Waals surface area contributed by atoms with Crippen LogP contribution in [0.4, 0.5) is 5.69 Å². The standard InChI is InChI=1S/C24H29N5O4/c1-16-13-26-24(27-14-16)33-19-5-3-18(4-6-19)32-21-12-17(29-7-9-31-10-8-29)11-20-23(21)28(2)22(30)15-25-20/h11-15,18-19H,3-10H2,1-2H3. The van der Waals surface area contributed by atoms with Crippen LogP contribution in [0.1, 0.15) is 31.2 Å². The van der Waals surface area contributed by atoms with Gasteiger partial charge in [0.05, 0.1) is 31.0 Å². The molecule has 174 valence electrons. The first-order valence-corrected chi connectivity index (χ1v) is 11.5. The Morgan fingerprint density at radius 1 is 0.939 bits per heavy atom. The number of hydrogen-bond donors (Lipinski definition) is 0. The fourth-order valence-corrected chi connectivity index (χ4v) is 4.47. The number of morpholine rings is 1. The van der Waals surface area contributed by atoms with Gasteiger partial charge in [-0.15, -0.1) is 0 Å². The Morgan fingerprint density at radius 2 is 1.61 bits per heavy atom. The van der Waals surface area contributed by atoms with E-state index in [0.29, 0.717) is 25.0 Å². The summed E-state index contributed by atoms with van der Waals surface area (Å²) in [6.45, 7) is 4.99. The Balaban J connectivity index is 1.34. The van der Waals surface area contributed by atoms with Gasteiger partial charge in [0, 0.05) is 44.3 Å². The lowest BCUT2D eigenvalue weighted by Gasteiger charge is -2.31. The predicted octanol–water partition coefficient (Wildman–Crippen LogP) is 2.64. The number of hydrogen-bond acceptors (Lipinski definition) is 8. The highest BCUT2D eigenvalue weighted by Crippen LogP contribution is 2.33. The van der Waals surface area contributed by atoms with Gasteiger partial charge in [-0.25, -0.2) is 15.0 Å². The zero-order valence-corrected chi connectivity index (χ0v) is 19.1. The second kappa shape index (κ2) is 9.35. The summed E-state index contributed by atoms with van der Waals surface area (Å²) in [6, 6.07) is 4.49. The third-order valence-corrected chi connectivity index (χ3v) is 6.34. The van der Waals surface area contributed by atoms with Gasteiger partial charge in [-0.1, -0.05) is 0 Å². The first-order chi connectivity index (χ1) is 16.1. The van der Waals surface area contributed by atoms with E-state index in [2.05, 4.69) is 19.9 Å². The van der Waals surface area contributed by atoms with Crippen LogP contribution in [0.3, 0.4) is 0 Å². The molecule has 9 nitrogen and oxygen atoms in total. The van der Waals surface area contributed by atoms with Crippen LogP contribution in [0.2, 0.25) is 0 Å². The Morgan fingerprint density at radius 3 is 2.30 bits per heavy atom. The van der Waals surface area contributed by atoms with Gasteiger partial charge in [-0.3, -0.25) is 4.79 Å². The third kappa shape index (κ3) is 4.78. The van der Waals surface area contributed by atoms with E-state index in [9.17, 15) is 4.79 Å². The molecule has 33 heavy (non-hydrogen) atoms. The van der Waals surface area contributed by atoms with Gasteiger partial charge in [-0.05, 0) is 44.2 Å². The summed E-state index contributed by atoms with van der Waals surface area (Å²) < 4.78 is 19.6. The average Bonchev–Trinajstić information content (AvgIpc) is 2.84. The van der Waals surface area contributed by atoms with Crippen molar-refractivity contribution in [3.63, 3.8) is 0 Å². The molecule has 2 aromatic heterocycles. The quantitative estimate of drug-likeness (QED) is 0.585. The van der Waals surface area contributed by atoms with Crippen molar-refractivity contribution in [2.45, 2.75) is 44.8 Å². The van der Waals surface area contributed by atoms with Crippen LogP contribution in [0.15, 0.2) is 35.5 Å². The Hall–Kier alpha value is -3.20. The van der Waals surface area contributed by atoms with Crippen LogP contribution >= 0.6 is 0 Å². The van der Waals surface area contributed by atoms with Crippen molar-refractivity contribution in [3.8, 4) is 11.8 Å². The smallest absolute Gasteiger partial charge is 0.316 e. The first-order valence-electron chi connectivity index (χ1n) is 11.5. The molecule has 0 unspecified atom stereocenters. The van der Waals surface area contributed by atoms with E-state index in [1.807, 2.05) is 19.1 Å². The number of rotatable bonds is 5. The maximum atomic E-state index is 12.3. The van der Waals surface area contributed by atoms with Crippen LogP contribution in [0.25, 0.3) is 11.0 Å². The summed E-state index contributed by atoms with van der Waals surface area (Å²) in [7, 11) is 1.76. The highest BCUT2D eigenvalue weighted by molar-refractivity contribution is 5.85. The zero-order chi connectivity index (χ0) is 22.8. The van der Waals surface area contributed by atoms with Crippen LogP contribution < -0.4 is 19.9 Å². The largest absolute Gasteiger partial charge is 0.488 e. The minimum absolute atomic E-state index is 0.0437. The van der Waals surface area contributed by atoms with Gasteiger partial charge in [0.2, 0.25) is 0 Å². The molecule has 1 saturated heterocycles. The molecular weight excluding hydrogens is 422 g/mol. The third-order valence-electron chi connectivity index (χ3n) is 6.34. The summed E-state index contributed by atoms with van der Waals surface area (Å²) in [4.78, 5) is 27.5. The first kappa shape index (κ1) is 21.6. The van der Waals surface area contributed by atoms with Gasteiger partial charge in [-0.2, -0.15) is 0 Å². The molecule has 2 fully saturated rings. The SMILES string of the molecule is Cc1cnc(OC2CCC(Oc3cc(N4CCOCC4)cc4ncc(=O)n(C)c34)CC2)nc1. The number of benzene rings is 1. The Labute approximate surface area is 192 Å². The van der Waals surface area contributed by atoms with Crippen molar-refractivity contribution >= 4 is 16.7 Å². The second-order valence-electron chi connectivity index (χ2n) is 8.74. The van der Waals surface area contributed by atoms with E-state index < -0.39 is 0 Å². The van der Waals surface area contributed by atoms with Crippen LogP contribution in [-0.2, 0) is 11.8 Å². The maximum absolute atomic E-state index is 12.3. The van der Waals surface area contributed by atoms with Crippen molar-refractivity contribution in [2.75, 3.05) is 31.2 Å². The van der Waals surface area contributed by atoms with Gasteiger partial charge in [0.15, 0.2) is 0 Å². The van der Waals surface area contributed by atoms with Gasteiger partial charge >= 0.3 is 6.01 Å². The topological polar surface area (TPSA) is 91.6 Å². The number of fused-ring (bicyclic) bond motifs is 1. The minimum Gasteiger partial charge on any atom is -0.488 e. The average molecular weight is 452 g/mol. The number of nitrogens with zero attached hydrogens (tertiary/aromatic N) is 5. The number of aryl methyl sites for hydroxylation is 2. The van der Waals surface area contributed by atoms with Crippen molar-refractivity contribution in [2.24, 2.45) is 7.05 Å². The lowest BCUT2D eigenvalue weighted by molar-refractivity contribution is 0.0755. The fraction of sp³-hybridized carbons (Fsp3) is 0.500. The van der Waals surface area contributed by atoms with E-state index in [-0.39, 0.29) is 17.8 Å². The van der Waals surface area contributed by atoms with Gasteiger partial charge in [0.25, 0.3) is 5.56 Å². The molecule has 1 saturated carbocycles. The van der Waals surface area contributed by atoms with Crippen LogP contribution in [0, 0.1) is 6.92 Å². The second-order valence-corrected chi connectivity index (χ2v) is 8.74. The maximum Gasteiger partial charge on any atom is 0.316 e. The minimum atomic E-state index is -0.151. The molecular formula is C24H29N5O4. The molecule has 0 radical (unpaired) electrons. The summed E-state index contributed by atoms with van der Waals surface area (Å²) in [5, 5.41) is 0. The van der Waals surface area contributed by atoms with E-state index in [4.69, 9.17) is 14.2 Å². The number of anilines is 1. The lowest BCUT2D eigenvalue weighted by atomic mass is 9.95. The number of aromatic nitrogens is 4. The van der Waals surface area contributed by atoms with Crippen molar-refractivity contribution < 1.29 is 14.2 Å². The molecule has 0 atom stereocenters. The Bertz CT molecular complexity index is 1170. The summed E-state index contributed by atoms with van der Waals surface area (Å²) in [6.07, 6.45) is 8.45. The molecule has 1 aliphatic carbocycles. The van der Waals surface area contributed by atoms with Crippen LogP contribution in [0.5, 0.6) is 11.8 Å². The van der Waals surface area contributed by atoms with Crippen molar-refractivity contribution in [1.29, 1.82) is 0 Å². The van der Waals surface area contributed by atoms with Crippen LogP contribution in [-0.4, -0.2) is 58.0 Å². The molecule has 0 N–H and O–H groups in total. The normalized spacial score (nSPS) is 21.2. The molecule has 0 spiro atoms. The predicted molar refractivity (Wildman–Crippen MR) is 124 cm³/mol. The zero-order valence-electron chi connectivity index (χ0n) is 19.1. The summed E-state index contributed by atoms with van der Waals surface area (Å²) in [5.41, 5.74) is 3.38. The highest BCUT2D eigenvalue weighted by atomic mass is 16.5. The van der Waals surface area contributed by atoms with E-state index >= 15 is 0 Å². The molecule has 9 heteroatoms. The lowest BCUT2D eigenvalue weighted by Crippen LogP contribution is -2.36. The van der Waals surface area contributed by atoms with Gasteiger partial charge < -0.3 is 23.7 Å². The number of ether oxygens (including phenoxy) is 3. The summed E-state index contributed by atoms with van der Waals surface area (Å²) in [5.74, 6) is 0.702. The molecule has 3 aromatic rings. The highest BCUT2D eigenvalue weighted by Gasteiger charge is 2.26. The van der Waals surface area contributed by atoms with Crippen molar-refractivity contribution in [1.82, 2.24) is 19.5 Å². The monoisotopic (exact) mass is 451 g/mol. The molecule has 0 amide bonds. The summed E-state index contributed by atoms with van der Waals surface area (Å²) >= 11 is 0. The van der Waals surface area contributed by atoms with E-state index in [1.54, 1.807) is 24.0 Å².